The largest absolute Gasteiger partial charge is 0.493 e. The molecular weight excluding hydrogens is 458 g/mol. The lowest BCUT2D eigenvalue weighted by Crippen LogP contribution is -2.49. The van der Waals surface area contributed by atoms with Gasteiger partial charge in [0.15, 0.2) is 0 Å². The Morgan fingerprint density at radius 3 is 2.58 bits per heavy atom. The number of rotatable bonds is 1. The predicted octanol–water partition coefficient (Wildman–Crippen LogP) is 3.77. The van der Waals surface area contributed by atoms with Crippen LogP contribution >= 0.6 is 0 Å². The van der Waals surface area contributed by atoms with E-state index in [2.05, 4.69) is 6.07 Å². The zero-order chi connectivity index (χ0) is 25.7. The molecule has 8 nitrogen and oxygen atoms in total. The van der Waals surface area contributed by atoms with Crippen LogP contribution in [0.4, 0.5) is 0 Å². The molecule has 196 valence electrons. The summed E-state index contributed by atoms with van der Waals surface area (Å²) in [5.74, 6) is 0.381. The van der Waals surface area contributed by atoms with Crippen molar-refractivity contribution in [3.63, 3.8) is 0 Å². The number of carbonyl (C=O) groups excluding carboxylic acids is 2. The van der Waals surface area contributed by atoms with Gasteiger partial charge < -0.3 is 24.0 Å². The van der Waals surface area contributed by atoms with E-state index >= 15 is 0 Å². The molecule has 3 aliphatic rings. The third kappa shape index (κ3) is 6.01. The molecule has 2 aliphatic heterocycles. The summed E-state index contributed by atoms with van der Waals surface area (Å²) in [6, 6.07) is 7.13. The van der Waals surface area contributed by atoms with E-state index in [0.717, 1.165) is 44.9 Å². The van der Waals surface area contributed by atoms with E-state index in [1.807, 2.05) is 7.05 Å². The lowest BCUT2D eigenvalue weighted by molar-refractivity contribution is -0.152. The maximum absolute atomic E-state index is 13.6. The van der Waals surface area contributed by atoms with Gasteiger partial charge in [-0.15, -0.1) is 0 Å². The number of nitrogens with zero attached hydrogens (tertiary/aromatic N) is 3. The maximum Gasteiger partial charge on any atom is 0.257 e. The highest BCUT2D eigenvalue weighted by Gasteiger charge is 2.39. The van der Waals surface area contributed by atoms with Gasteiger partial charge in [0.1, 0.15) is 11.9 Å². The van der Waals surface area contributed by atoms with Crippen LogP contribution in [-0.4, -0.2) is 80.8 Å². The number of benzene rings is 1. The Morgan fingerprint density at radius 1 is 1.08 bits per heavy atom. The molecule has 0 radical (unpaired) electrons. The summed E-state index contributed by atoms with van der Waals surface area (Å²) in [7, 11) is 5.34. The first-order valence-corrected chi connectivity index (χ1v) is 13.2. The minimum atomic E-state index is -0.268. The first-order valence-electron chi connectivity index (χ1n) is 13.2. The number of methoxy groups -OCH3 is 1. The highest BCUT2D eigenvalue weighted by atomic mass is 16.5. The first-order chi connectivity index (χ1) is 17.3. The third-order valence-electron chi connectivity index (χ3n) is 8.13. The SMILES string of the molecule is CO[C@H]1CC[C@@H]2CCOc3ccc(C#N)cc3C(=O)N(C)CC3(CCCCC3)CC(=O)N(C)C[C@@H]1O2. The number of carbonyl (C=O) groups is 2. The fraction of sp³-hybridized carbons (Fsp3) is 0.679. The topological polar surface area (TPSA) is 92.1 Å². The summed E-state index contributed by atoms with van der Waals surface area (Å²) >= 11 is 0. The van der Waals surface area contributed by atoms with Gasteiger partial charge in [0, 0.05) is 47.1 Å². The van der Waals surface area contributed by atoms with Gasteiger partial charge >= 0.3 is 0 Å². The van der Waals surface area contributed by atoms with Crippen molar-refractivity contribution in [1.82, 2.24) is 9.80 Å². The van der Waals surface area contributed by atoms with Gasteiger partial charge in [-0.25, -0.2) is 0 Å². The van der Waals surface area contributed by atoms with Crippen LogP contribution in [-0.2, 0) is 14.3 Å². The van der Waals surface area contributed by atoms with Crippen LogP contribution in [0.5, 0.6) is 5.75 Å². The minimum absolute atomic E-state index is 0.0114. The molecule has 1 aromatic rings. The molecule has 2 amide bonds. The van der Waals surface area contributed by atoms with E-state index in [0.29, 0.717) is 49.4 Å². The lowest BCUT2D eigenvalue weighted by Gasteiger charge is -2.42. The number of hydrogen-bond donors (Lipinski definition) is 0. The monoisotopic (exact) mass is 497 g/mol. The van der Waals surface area contributed by atoms with Crippen LogP contribution in [0.25, 0.3) is 0 Å². The molecule has 4 rings (SSSR count). The van der Waals surface area contributed by atoms with Gasteiger partial charge in [-0.1, -0.05) is 19.3 Å². The molecule has 0 N–H and O–H groups in total. The summed E-state index contributed by atoms with van der Waals surface area (Å²) in [5.41, 5.74) is 0.539. The summed E-state index contributed by atoms with van der Waals surface area (Å²) in [5, 5.41) is 9.43. The summed E-state index contributed by atoms with van der Waals surface area (Å²) in [6.45, 7) is 1.37. The van der Waals surface area contributed by atoms with Gasteiger partial charge in [-0.05, 0) is 49.3 Å². The molecule has 2 bridgehead atoms. The molecule has 1 aliphatic carbocycles. The molecule has 36 heavy (non-hydrogen) atoms. The molecule has 8 heteroatoms. The van der Waals surface area contributed by atoms with Crippen molar-refractivity contribution in [2.45, 2.75) is 76.1 Å². The Balaban J connectivity index is 1.66. The highest BCUT2D eigenvalue weighted by Crippen LogP contribution is 2.41. The second kappa shape index (κ2) is 11.6. The van der Waals surface area contributed by atoms with Gasteiger partial charge in [0.25, 0.3) is 5.91 Å². The number of likely N-dealkylation sites (N-methyl/N-ethyl adjacent to an activating group) is 1. The number of amides is 2. The van der Waals surface area contributed by atoms with Crippen LogP contribution in [0.2, 0.25) is 0 Å². The van der Waals surface area contributed by atoms with Gasteiger partial charge in [0.2, 0.25) is 5.91 Å². The van der Waals surface area contributed by atoms with Crippen LogP contribution in [0, 0.1) is 16.7 Å². The van der Waals surface area contributed by atoms with Crippen molar-refractivity contribution in [2.24, 2.45) is 5.41 Å². The van der Waals surface area contributed by atoms with E-state index < -0.39 is 0 Å². The highest BCUT2D eigenvalue weighted by molar-refractivity contribution is 5.97. The summed E-state index contributed by atoms with van der Waals surface area (Å²) in [6.07, 6.45) is 7.61. The molecule has 1 aromatic carbocycles. The molecule has 3 atom stereocenters. The molecule has 2 fully saturated rings. The Hall–Kier alpha value is -2.63. The lowest BCUT2D eigenvalue weighted by atomic mass is 9.71. The van der Waals surface area contributed by atoms with Crippen molar-refractivity contribution in [1.29, 1.82) is 5.26 Å². The third-order valence-corrected chi connectivity index (χ3v) is 8.13. The van der Waals surface area contributed by atoms with Crippen LogP contribution in [0.15, 0.2) is 18.2 Å². The van der Waals surface area contributed by atoms with Gasteiger partial charge in [-0.3, -0.25) is 9.59 Å². The molecule has 1 saturated heterocycles. The van der Waals surface area contributed by atoms with E-state index in [1.165, 1.54) is 0 Å². The van der Waals surface area contributed by atoms with Crippen molar-refractivity contribution >= 4 is 11.8 Å². The van der Waals surface area contributed by atoms with Crippen molar-refractivity contribution in [2.75, 3.05) is 40.9 Å². The molecule has 1 saturated carbocycles. The standard InChI is InChI=1S/C28H39N3O5/c1-30-18-25-24(34-3)10-8-21(36-25)11-14-35-23-9-7-20(17-29)15-22(23)27(33)31(2)19-28(16-26(30)32)12-5-4-6-13-28/h7,9,15,21,24-25H,4-6,8,10-14,16,18-19H2,1-3H3/t21-,24+,25+/m1/s1. The maximum atomic E-state index is 13.6. The van der Waals surface area contributed by atoms with E-state index in [1.54, 1.807) is 42.2 Å². The Morgan fingerprint density at radius 2 is 1.86 bits per heavy atom. The number of fused-ring (bicyclic) bond motifs is 3. The smallest absolute Gasteiger partial charge is 0.257 e. The second-order valence-electron chi connectivity index (χ2n) is 10.8. The van der Waals surface area contributed by atoms with Crippen LogP contribution in [0.1, 0.15) is 73.7 Å². The summed E-state index contributed by atoms with van der Waals surface area (Å²) < 4.78 is 18.2. The Bertz CT molecular complexity index is 984. The Kier molecular flexibility index (Phi) is 8.53. The zero-order valence-corrected chi connectivity index (χ0v) is 21.8. The van der Waals surface area contributed by atoms with Gasteiger partial charge in [0.05, 0.1) is 36.0 Å². The van der Waals surface area contributed by atoms with Crippen LogP contribution < -0.4 is 4.74 Å². The molecule has 1 spiro atoms. The fourth-order valence-corrected chi connectivity index (χ4v) is 6.07. The average molecular weight is 498 g/mol. The van der Waals surface area contributed by atoms with E-state index in [-0.39, 0.29) is 35.5 Å². The van der Waals surface area contributed by atoms with Crippen molar-refractivity contribution < 1.29 is 23.8 Å². The van der Waals surface area contributed by atoms with Crippen molar-refractivity contribution in [3.05, 3.63) is 29.3 Å². The normalized spacial score (nSPS) is 27.8. The number of nitriles is 1. The average Bonchev–Trinajstić information content (AvgIpc) is 2.88. The Labute approximate surface area is 214 Å². The molecular formula is C28H39N3O5. The molecule has 0 unspecified atom stereocenters. The van der Waals surface area contributed by atoms with Crippen LogP contribution in [0.3, 0.4) is 0 Å². The fourth-order valence-electron chi connectivity index (χ4n) is 6.07. The molecule has 0 aromatic heterocycles. The number of ether oxygens (including phenoxy) is 3. The van der Waals surface area contributed by atoms with E-state index in [9.17, 15) is 14.9 Å². The summed E-state index contributed by atoms with van der Waals surface area (Å²) in [4.78, 5) is 30.6. The predicted molar refractivity (Wildman–Crippen MR) is 135 cm³/mol. The van der Waals surface area contributed by atoms with Gasteiger partial charge in [-0.2, -0.15) is 5.26 Å². The van der Waals surface area contributed by atoms with E-state index in [4.69, 9.17) is 14.2 Å². The quantitative estimate of drug-likeness (QED) is 0.587. The van der Waals surface area contributed by atoms with Crippen molar-refractivity contribution in [3.8, 4) is 11.8 Å². The second-order valence-corrected chi connectivity index (χ2v) is 10.8. The molecule has 2 heterocycles. The first kappa shape index (κ1) is 26.4. The minimum Gasteiger partial charge on any atom is -0.493 e. The number of hydrogen-bond acceptors (Lipinski definition) is 6. The zero-order valence-electron chi connectivity index (χ0n) is 21.8.